The van der Waals surface area contributed by atoms with Gasteiger partial charge in [-0.3, -0.25) is 0 Å². The maximum atomic E-state index is 13.6. The van der Waals surface area contributed by atoms with Crippen molar-refractivity contribution in [3.8, 4) is 0 Å². The summed E-state index contributed by atoms with van der Waals surface area (Å²) in [5, 5.41) is 3.27. The van der Waals surface area contributed by atoms with E-state index in [0.717, 1.165) is 24.9 Å². The Kier molecular flexibility index (Phi) is 2.74. The predicted molar refractivity (Wildman–Crippen MR) is 64.3 cm³/mol. The molecule has 0 aliphatic heterocycles. The summed E-state index contributed by atoms with van der Waals surface area (Å²) < 4.78 is 28.2. The molecule has 94 valence electrons. The molecule has 0 atom stereocenters. The molecule has 0 radical (unpaired) electrons. The maximum absolute atomic E-state index is 13.6. The summed E-state index contributed by atoms with van der Waals surface area (Å²) in [5.74, 6) is -0.347. The molecule has 1 heterocycles. The van der Waals surface area contributed by atoms with Crippen LogP contribution in [0.5, 0.6) is 0 Å². The van der Waals surface area contributed by atoms with Gasteiger partial charge in [0, 0.05) is 30.1 Å². The Balaban J connectivity index is 1.80. The van der Waals surface area contributed by atoms with Crippen LogP contribution in [0.25, 0.3) is 0 Å². The molecular weight excluding hydrogens is 236 g/mol. The van der Waals surface area contributed by atoms with Gasteiger partial charge >= 0.3 is 0 Å². The van der Waals surface area contributed by atoms with Crippen molar-refractivity contribution in [2.24, 2.45) is 0 Å². The van der Waals surface area contributed by atoms with Crippen molar-refractivity contribution in [2.45, 2.75) is 25.4 Å². The first-order chi connectivity index (χ1) is 8.72. The normalized spacial score (nSPS) is 14.8. The number of anilines is 1. The van der Waals surface area contributed by atoms with Crippen LogP contribution in [0.1, 0.15) is 18.4 Å². The van der Waals surface area contributed by atoms with Gasteiger partial charge in [0.2, 0.25) is 5.95 Å². The Hall–Kier alpha value is -1.91. The highest BCUT2D eigenvalue weighted by Gasteiger charge is 2.22. The van der Waals surface area contributed by atoms with Crippen LogP contribution in [0.4, 0.5) is 14.7 Å². The molecule has 1 aromatic heterocycles. The van der Waals surface area contributed by atoms with Crippen LogP contribution in [-0.2, 0) is 6.54 Å². The van der Waals surface area contributed by atoms with E-state index in [-0.39, 0.29) is 0 Å². The van der Waals surface area contributed by atoms with Gasteiger partial charge in [0.25, 0.3) is 0 Å². The molecular formula is C13H13F2N3. The third-order valence-corrected chi connectivity index (χ3v) is 2.98. The first-order valence-corrected chi connectivity index (χ1v) is 5.94. The van der Waals surface area contributed by atoms with Crippen LogP contribution in [0.15, 0.2) is 30.6 Å². The maximum Gasteiger partial charge on any atom is 0.203 e. The van der Waals surface area contributed by atoms with Crippen LogP contribution in [0, 0.1) is 11.6 Å². The average Bonchev–Trinajstić information content (AvgIpc) is 3.03. The van der Waals surface area contributed by atoms with Crippen LogP contribution in [-0.4, -0.2) is 15.6 Å². The number of benzene rings is 1. The number of aromatic nitrogens is 2. The molecule has 0 spiro atoms. The van der Waals surface area contributed by atoms with E-state index in [1.165, 1.54) is 12.1 Å². The fourth-order valence-electron chi connectivity index (χ4n) is 1.82. The van der Waals surface area contributed by atoms with E-state index in [1.807, 2.05) is 4.57 Å². The molecule has 1 saturated carbocycles. The predicted octanol–water partition coefficient (Wildman–Crippen LogP) is 2.78. The number of nitrogens with zero attached hydrogens (tertiary/aromatic N) is 2. The van der Waals surface area contributed by atoms with E-state index >= 15 is 0 Å². The molecule has 0 unspecified atom stereocenters. The molecule has 0 saturated heterocycles. The molecule has 2 aromatic rings. The van der Waals surface area contributed by atoms with Gasteiger partial charge in [-0.25, -0.2) is 13.8 Å². The number of halogens is 2. The van der Waals surface area contributed by atoms with Crippen molar-refractivity contribution in [1.29, 1.82) is 0 Å². The summed E-state index contributed by atoms with van der Waals surface area (Å²) in [4.78, 5) is 4.20. The number of imidazole rings is 1. The second kappa shape index (κ2) is 4.40. The van der Waals surface area contributed by atoms with Crippen molar-refractivity contribution in [3.63, 3.8) is 0 Å². The fraction of sp³-hybridized carbons (Fsp3) is 0.308. The largest absolute Gasteiger partial charge is 0.353 e. The molecule has 1 fully saturated rings. The summed E-state index contributed by atoms with van der Waals surface area (Å²) in [6, 6.07) is 4.12. The van der Waals surface area contributed by atoms with Gasteiger partial charge in [0.05, 0.1) is 6.54 Å². The van der Waals surface area contributed by atoms with E-state index in [1.54, 1.807) is 12.4 Å². The minimum absolute atomic E-state index is 0.348. The minimum Gasteiger partial charge on any atom is -0.353 e. The number of nitrogens with one attached hydrogen (secondary N) is 1. The number of hydrogen-bond acceptors (Lipinski definition) is 2. The first-order valence-electron chi connectivity index (χ1n) is 5.94. The summed E-state index contributed by atoms with van der Waals surface area (Å²) in [6.45, 7) is 0.348. The van der Waals surface area contributed by atoms with Crippen LogP contribution in [0.2, 0.25) is 0 Å². The summed E-state index contributed by atoms with van der Waals surface area (Å²) in [7, 11) is 0. The second-order valence-electron chi connectivity index (χ2n) is 4.53. The highest BCUT2D eigenvalue weighted by Crippen LogP contribution is 2.24. The van der Waals surface area contributed by atoms with Crippen molar-refractivity contribution < 1.29 is 8.78 Å². The van der Waals surface area contributed by atoms with Gasteiger partial charge in [-0.05, 0) is 18.9 Å². The Morgan fingerprint density at radius 2 is 2.17 bits per heavy atom. The quantitative estimate of drug-likeness (QED) is 0.903. The van der Waals surface area contributed by atoms with Gasteiger partial charge in [0.15, 0.2) is 0 Å². The van der Waals surface area contributed by atoms with E-state index in [2.05, 4.69) is 10.3 Å². The number of rotatable bonds is 4. The van der Waals surface area contributed by atoms with Gasteiger partial charge in [0.1, 0.15) is 11.6 Å². The smallest absolute Gasteiger partial charge is 0.203 e. The van der Waals surface area contributed by atoms with E-state index in [0.29, 0.717) is 18.2 Å². The fourth-order valence-corrected chi connectivity index (χ4v) is 1.82. The topological polar surface area (TPSA) is 29.9 Å². The van der Waals surface area contributed by atoms with E-state index < -0.39 is 11.6 Å². The standard InChI is InChI=1S/C13H13F2N3/c14-10-2-1-9(12(15)7-10)8-18-6-5-16-13(18)17-11-3-4-11/h1-2,5-7,11H,3-4,8H2,(H,16,17). The second-order valence-corrected chi connectivity index (χ2v) is 4.53. The zero-order valence-electron chi connectivity index (χ0n) is 9.74. The van der Waals surface area contributed by atoms with Gasteiger partial charge in [-0.1, -0.05) is 6.07 Å². The average molecular weight is 249 g/mol. The Morgan fingerprint density at radius 1 is 1.33 bits per heavy atom. The SMILES string of the molecule is Fc1ccc(Cn2ccnc2NC2CC2)c(F)c1. The van der Waals surface area contributed by atoms with Crippen molar-refractivity contribution in [3.05, 3.63) is 47.8 Å². The number of hydrogen-bond donors (Lipinski definition) is 1. The van der Waals surface area contributed by atoms with Gasteiger partial charge < -0.3 is 9.88 Å². The van der Waals surface area contributed by atoms with Crippen LogP contribution in [0.3, 0.4) is 0 Å². The summed E-state index contributed by atoms with van der Waals surface area (Å²) >= 11 is 0. The molecule has 3 rings (SSSR count). The van der Waals surface area contributed by atoms with Crippen LogP contribution >= 0.6 is 0 Å². The van der Waals surface area contributed by atoms with Crippen molar-refractivity contribution in [2.75, 3.05) is 5.32 Å². The minimum atomic E-state index is -0.557. The van der Waals surface area contributed by atoms with Gasteiger partial charge in [-0.2, -0.15) is 0 Å². The van der Waals surface area contributed by atoms with Crippen molar-refractivity contribution >= 4 is 5.95 Å². The molecule has 18 heavy (non-hydrogen) atoms. The molecule has 1 aliphatic rings. The highest BCUT2D eigenvalue weighted by molar-refractivity contribution is 5.31. The monoisotopic (exact) mass is 249 g/mol. The molecule has 1 aliphatic carbocycles. The van der Waals surface area contributed by atoms with Crippen molar-refractivity contribution in [1.82, 2.24) is 9.55 Å². The molecule has 1 N–H and O–H groups in total. The lowest BCUT2D eigenvalue weighted by Crippen LogP contribution is -2.10. The zero-order valence-corrected chi connectivity index (χ0v) is 9.74. The lowest BCUT2D eigenvalue weighted by atomic mass is 10.2. The van der Waals surface area contributed by atoms with Crippen LogP contribution < -0.4 is 5.32 Å². The third kappa shape index (κ3) is 2.34. The van der Waals surface area contributed by atoms with E-state index in [9.17, 15) is 8.78 Å². The van der Waals surface area contributed by atoms with E-state index in [4.69, 9.17) is 0 Å². The molecule has 1 aromatic carbocycles. The van der Waals surface area contributed by atoms with Gasteiger partial charge in [-0.15, -0.1) is 0 Å². The lowest BCUT2D eigenvalue weighted by molar-refractivity contribution is 0.566. The molecule has 3 nitrogen and oxygen atoms in total. The zero-order chi connectivity index (χ0) is 12.5. The lowest BCUT2D eigenvalue weighted by Gasteiger charge is -2.09. The summed E-state index contributed by atoms with van der Waals surface area (Å²) in [5.41, 5.74) is 0.452. The molecule has 0 amide bonds. The Bertz CT molecular complexity index is 561. The highest BCUT2D eigenvalue weighted by atomic mass is 19.1. The Morgan fingerprint density at radius 3 is 2.89 bits per heavy atom. The molecule has 0 bridgehead atoms. The molecule has 5 heteroatoms. The Labute approximate surface area is 103 Å². The summed E-state index contributed by atoms with van der Waals surface area (Å²) in [6.07, 6.45) is 5.76. The third-order valence-electron chi connectivity index (χ3n) is 2.98. The first kappa shape index (κ1) is 11.2.